The molecule has 0 spiro atoms. The number of rotatable bonds is 7. The predicted molar refractivity (Wildman–Crippen MR) is 86.6 cm³/mol. The highest BCUT2D eigenvalue weighted by Gasteiger charge is 2.43. The van der Waals surface area contributed by atoms with Gasteiger partial charge in [0.2, 0.25) is 0 Å². The van der Waals surface area contributed by atoms with Crippen LogP contribution in [-0.2, 0) is 14.3 Å². The molecule has 9 heteroatoms. The molecule has 2 rings (SSSR count). The van der Waals surface area contributed by atoms with E-state index >= 15 is 0 Å². The topological polar surface area (TPSA) is 59.1 Å². The van der Waals surface area contributed by atoms with E-state index in [2.05, 4.69) is 0 Å². The highest BCUT2D eigenvalue weighted by Crippen LogP contribution is 2.19. The molecule has 144 valence electrons. The lowest BCUT2D eigenvalue weighted by atomic mass is 10.3. The minimum atomic E-state index is -4.83. The molecule has 1 heterocycles. The Bertz CT molecular complexity index is 587. The summed E-state index contributed by atoms with van der Waals surface area (Å²) in [5.74, 6) is -1.53. The van der Waals surface area contributed by atoms with Crippen LogP contribution in [-0.4, -0.2) is 73.8 Å². The Balaban J connectivity index is 1.56. The van der Waals surface area contributed by atoms with Crippen molar-refractivity contribution in [3.63, 3.8) is 0 Å². The van der Waals surface area contributed by atoms with Gasteiger partial charge >= 0.3 is 18.1 Å². The average Bonchev–Trinajstić information content (AvgIpc) is 2.62. The monoisotopic (exact) mass is 374 g/mol. The van der Waals surface area contributed by atoms with E-state index in [-0.39, 0.29) is 32.7 Å². The zero-order chi connectivity index (χ0) is 19.0. The van der Waals surface area contributed by atoms with E-state index in [1.165, 1.54) is 0 Å². The van der Waals surface area contributed by atoms with Crippen molar-refractivity contribution in [3.05, 3.63) is 30.3 Å². The number of ether oxygens (including phenoxy) is 2. The highest BCUT2D eigenvalue weighted by molar-refractivity contribution is 5.81. The Morgan fingerprint density at radius 2 is 1.65 bits per heavy atom. The molecule has 0 saturated carbocycles. The summed E-state index contributed by atoms with van der Waals surface area (Å²) in [5, 5.41) is 0. The van der Waals surface area contributed by atoms with Gasteiger partial charge in [-0.3, -0.25) is 14.5 Å². The lowest BCUT2D eigenvalue weighted by Crippen LogP contribution is -2.52. The number of nitrogens with zero attached hydrogens (tertiary/aromatic N) is 2. The smallest absolute Gasteiger partial charge is 0.471 e. The molecule has 1 aliphatic heterocycles. The molecule has 1 fully saturated rings. The van der Waals surface area contributed by atoms with Crippen molar-refractivity contribution in [3.8, 4) is 5.75 Å². The molecule has 1 saturated heterocycles. The van der Waals surface area contributed by atoms with Crippen molar-refractivity contribution >= 4 is 11.9 Å². The largest absolute Gasteiger partial charge is 0.493 e. The lowest BCUT2D eigenvalue weighted by Gasteiger charge is -2.34. The Labute approximate surface area is 149 Å². The van der Waals surface area contributed by atoms with E-state index in [9.17, 15) is 22.8 Å². The molecule has 1 amide bonds. The molecule has 0 N–H and O–H groups in total. The van der Waals surface area contributed by atoms with Gasteiger partial charge in [-0.25, -0.2) is 0 Å². The number of benzene rings is 1. The van der Waals surface area contributed by atoms with Crippen molar-refractivity contribution in [1.29, 1.82) is 0 Å². The summed E-state index contributed by atoms with van der Waals surface area (Å²) in [6, 6.07) is 9.09. The van der Waals surface area contributed by atoms with Crippen LogP contribution in [0.4, 0.5) is 13.2 Å². The molecule has 1 aliphatic rings. The van der Waals surface area contributed by atoms with Gasteiger partial charge in [0, 0.05) is 32.7 Å². The molecule has 0 unspecified atom stereocenters. The predicted octanol–water partition coefficient (Wildman–Crippen LogP) is 1.71. The van der Waals surface area contributed by atoms with Crippen molar-refractivity contribution < 1.29 is 32.2 Å². The number of halogens is 3. The van der Waals surface area contributed by atoms with Crippen molar-refractivity contribution in [2.75, 3.05) is 45.9 Å². The van der Waals surface area contributed by atoms with Crippen LogP contribution in [0.25, 0.3) is 0 Å². The van der Waals surface area contributed by atoms with Crippen LogP contribution in [0.1, 0.15) is 6.42 Å². The summed E-state index contributed by atoms with van der Waals surface area (Å²) >= 11 is 0. The molecule has 0 radical (unpaired) electrons. The third-order valence-corrected chi connectivity index (χ3v) is 3.89. The summed E-state index contributed by atoms with van der Waals surface area (Å²) in [6.07, 6.45) is -4.72. The van der Waals surface area contributed by atoms with Crippen LogP contribution in [0.2, 0.25) is 0 Å². The summed E-state index contributed by atoms with van der Waals surface area (Å²) in [4.78, 5) is 25.4. The van der Waals surface area contributed by atoms with Gasteiger partial charge < -0.3 is 14.4 Å². The zero-order valence-corrected chi connectivity index (χ0v) is 14.2. The fourth-order valence-corrected chi connectivity index (χ4v) is 2.48. The Hall–Kier alpha value is -2.29. The molecule has 0 aliphatic carbocycles. The molecule has 0 atom stereocenters. The third-order valence-electron chi connectivity index (χ3n) is 3.89. The molecular weight excluding hydrogens is 353 g/mol. The molecule has 1 aromatic rings. The molecule has 26 heavy (non-hydrogen) atoms. The maximum atomic E-state index is 12.4. The normalized spacial score (nSPS) is 15.6. The second-order valence-corrected chi connectivity index (χ2v) is 5.76. The number of amides is 1. The fraction of sp³-hybridized carbons (Fsp3) is 0.529. The number of carbonyl (C=O) groups excluding carboxylic acids is 2. The Kier molecular flexibility index (Phi) is 7.26. The van der Waals surface area contributed by atoms with Gasteiger partial charge in [-0.2, -0.15) is 13.2 Å². The molecule has 0 aromatic heterocycles. The third kappa shape index (κ3) is 6.55. The van der Waals surface area contributed by atoms with Crippen LogP contribution in [0, 0.1) is 0 Å². The molecule has 1 aromatic carbocycles. The maximum absolute atomic E-state index is 12.4. The number of para-hydroxylation sites is 1. The Morgan fingerprint density at radius 1 is 1.00 bits per heavy atom. The number of hydrogen-bond acceptors (Lipinski definition) is 5. The molecular formula is C17H21F3N2O4. The van der Waals surface area contributed by atoms with Crippen molar-refractivity contribution in [2.24, 2.45) is 0 Å². The lowest BCUT2D eigenvalue weighted by molar-refractivity contribution is -0.187. The van der Waals surface area contributed by atoms with E-state index < -0.39 is 18.1 Å². The number of carbonyl (C=O) groups is 2. The van der Waals surface area contributed by atoms with Gasteiger partial charge in [-0.15, -0.1) is 0 Å². The SMILES string of the molecule is O=C(CCOc1ccccc1)OCCN1CCN(C(=O)C(F)(F)F)CC1. The van der Waals surface area contributed by atoms with E-state index in [4.69, 9.17) is 9.47 Å². The van der Waals surface area contributed by atoms with Crippen LogP contribution in [0.15, 0.2) is 30.3 Å². The number of esters is 1. The minimum Gasteiger partial charge on any atom is -0.493 e. The summed E-state index contributed by atoms with van der Waals surface area (Å²) < 4.78 is 47.6. The van der Waals surface area contributed by atoms with Crippen LogP contribution in [0.5, 0.6) is 5.75 Å². The molecule has 0 bridgehead atoms. The van der Waals surface area contributed by atoms with Crippen LogP contribution < -0.4 is 4.74 Å². The number of hydrogen-bond donors (Lipinski definition) is 0. The van der Waals surface area contributed by atoms with Gasteiger partial charge in [0.25, 0.3) is 0 Å². The molecule has 6 nitrogen and oxygen atoms in total. The second kappa shape index (κ2) is 9.42. The fourth-order valence-electron chi connectivity index (χ4n) is 2.48. The summed E-state index contributed by atoms with van der Waals surface area (Å²) in [6.45, 7) is 1.43. The quantitative estimate of drug-likeness (QED) is 0.680. The standard InChI is InChI=1S/C17H21F3N2O4/c18-17(19,20)16(24)22-9-7-21(8-10-22)11-13-26-15(23)6-12-25-14-4-2-1-3-5-14/h1-5H,6-13H2. The number of piperazine rings is 1. The Morgan fingerprint density at radius 3 is 2.27 bits per heavy atom. The van der Waals surface area contributed by atoms with Gasteiger partial charge in [-0.05, 0) is 12.1 Å². The van der Waals surface area contributed by atoms with E-state index in [0.29, 0.717) is 25.4 Å². The first-order valence-electron chi connectivity index (χ1n) is 8.28. The van der Waals surface area contributed by atoms with Crippen LogP contribution >= 0.6 is 0 Å². The van der Waals surface area contributed by atoms with Gasteiger partial charge in [0.15, 0.2) is 0 Å². The first kappa shape index (κ1) is 20.0. The van der Waals surface area contributed by atoms with Gasteiger partial charge in [-0.1, -0.05) is 18.2 Å². The maximum Gasteiger partial charge on any atom is 0.471 e. The van der Waals surface area contributed by atoms with E-state index in [0.717, 1.165) is 4.90 Å². The minimum absolute atomic E-state index is 0.0111. The highest BCUT2D eigenvalue weighted by atomic mass is 19.4. The van der Waals surface area contributed by atoms with E-state index in [1.807, 2.05) is 23.1 Å². The van der Waals surface area contributed by atoms with Crippen LogP contribution in [0.3, 0.4) is 0 Å². The van der Waals surface area contributed by atoms with Gasteiger partial charge in [0.1, 0.15) is 12.4 Å². The average molecular weight is 374 g/mol. The van der Waals surface area contributed by atoms with Gasteiger partial charge in [0.05, 0.1) is 13.0 Å². The van der Waals surface area contributed by atoms with E-state index in [1.54, 1.807) is 12.1 Å². The van der Waals surface area contributed by atoms with Crippen molar-refractivity contribution in [1.82, 2.24) is 9.80 Å². The first-order valence-corrected chi connectivity index (χ1v) is 8.28. The van der Waals surface area contributed by atoms with Crippen molar-refractivity contribution in [2.45, 2.75) is 12.6 Å². The summed E-state index contributed by atoms with van der Waals surface area (Å²) in [5.41, 5.74) is 0. The summed E-state index contributed by atoms with van der Waals surface area (Å²) in [7, 11) is 0. The second-order valence-electron chi connectivity index (χ2n) is 5.76. The zero-order valence-electron chi connectivity index (χ0n) is 14.2. The number of alkyl halides is 3. The first-order chi connectivity index (χ1) is 12.4.